The number of nitrogens with zero attached hydrogens (tertiary/aromatic N) is 2. The molecule has 1 heterocycles. The van der Waals surface area contributed by atoms with E-state index in [0.717, 1.165) is 22.4 Å². The fraction of sp³-hybridized carbons (Fsp3) is 0.118. The Balaban J connectivity index is 1.81. The Hall–Kier alpha value is -1.97. The van der Waals surface area contributed by atoms with Crippen LogP contribution in [0.15, 0.2) is 54.9 Å². The van der Waals surface area contributed by atoms with Crippen molar-refractivity contribution >= 4 is 23.2 Å². The molecule has 0 saturated carbocycles. The molecule has 0 aliphatic carbocycles. The van der Waals surface area contributed by atoms with Crippen LogP contribution in [0, 0.1) is 0 Å². The van der Waals surface area contributed by atoms with E-state index < -0.39 is 0 Å². The predicted molar refractivity (Wildman–Crippen MR) is 89.8 cm³/mol. The van der Waals surface area contributed by atoms with Crippen LogP contribution < -0.4 is 4.74 Å². The first-order chi connectivity index (χ1) is 10.7. The maximum absolute atomic E-state index is 6.20. The van der Waals surface area contributed by atoms with Crippen molar-refractivity contribution in [2.75, 3.05) is 7.11 Å². The number of hydrogen-bond acceptors (Lipinski definition) is 2. The van der Waals surface area contributed by atoms with Gasteiger partial charge in [0, 0.05) is 21.8 Å². The van der Waals surface area contributed by atoms with Gasteiger partial charge in [0.25, 0.3) is 0 Å². The largest absolute Gasteiger partial charge is 0.497 e. The van der Waals surface area contributed by atoms with E-state index >= 15 is 0 Å². The quantitative estimate of drug-likeness (QED) is 0.678. The van der Waals surface area contributed by atoms with Gasteiger partial charge in [-0.3, -0.25) is 4.68 Å². The molecule has 2 aromatic carbocycles. The van der Waals surface area contributed by atoms with E-state index in [1.165, 1.54) is 0 Å². The summed E-state index contributed by atoms with van der Waals surface area (Å²) in [6.45, 7) is 0.603. The van der Waals surface area contributed by atoms with E-state index in [2.05, 4.69) is 5.10 Å². The van der Waals surface area contributed by atoms with E-state index in [4.69, 9.17) is 27.9 Å². The average molecular weight is 333 g/mol. The monoisotopic (exact) mass is 332 g/mol. The van der Waals surface area contributed by atoms with Gasteiger partial charge in [-0.1, -0.05) is 41.4 Å². The highest BCUT2D eigenvalue weighted by atomic mass is 35.5. The van der Waals surface area contributed by atoms with Crippen LogP contribution in [-0.4, -0.2) is 16.9 Å². The lowest BCUT2D eigenvalue weighted by Crippen LogP contribution is -2.00. The molecular weight excluding hydrogens is 319 g/mol. The second kappa shape index (κ2) is 6.42. The van der Waals surface area contributed by atoms with Crippen molar-refractivity contribution in [3.8, 4) is 16.9 Å². The third-order valence-corrected chi connectivity index (χ3v) is 3.99. The van der Waals surface area contributed by atoms with E-state index in [1.807, 2.05) is 53.5 Å². The molecule has 0 N–H and O–H groups in total. The molecular formula is C17H14Cl2N2O. The molecule has 1 aromatic heterocycles. The van der Waals surface area contributed by atoms with Crippen LogP contribution in [0.2, 0.25) is 10.0 Å². The summed E-state index contributed by atoms with van der Waals surface area (Å²) in [7, 11) is 1.66. The number of aromatic nitrogens is 2. The lowest BCUT2D eigenvalue weighted by atomic mass is 10.1. The van der Waals surface area contributed by atoms with Crippen molar-refractivity contribution in [3.05, 3.63) is 70.5 Å². The summed E-state index contributed by atoms with van der Waals surface area (Å²) in [5, 5.41) is 5.67. The molecule has 0 saturated heterocycles. The first-order valence-corrected chi connectivity index (χ1v) is 7.52. The number of ether oxygens (including phenoxy) is 1. The van der Waals surface area contributed by atoms with Crippen molar-refractivity contribution in [1.29, 1.82) is 0 Å². The van der Waals surface area contributed by atoms with Gasteiger partial charge < -0.3 is 4.74 Å². The molecule has 3 aromatic rings. The molecule has 0 atom stereocenters. The number of halogens is 2. The summed E-state index contributed by atoms with van der Waals surface area (Å²) >= 11 is 12.1. The lowest BCUT2D eigenvalue weighted by molar-refractivity contribution is 0.415. The Morgan fingerprint density at radius 2 is 1.82 bits per heavy atom. The van der Waals surface area contributed by atoms with Gasteiger partial charge in [-0.15, -0.1) is 0 Å². The van der Waals surface area contributed by atoms with Gasteiger partial charge in [0.05, 0.1) is 19.9 Å². The fourth-order valence-corrected chi connectivity index (χ4v) is 2.68. The molecule has 112 valence electrons. The third kappa shape index (κ3) is 3.26. The molecule has 0 amide bonds. The van der Waals surface area contributed by atoms with Crippen molar-refractivity contribution in [1.82, 2.24) is 9.78 Å². The molecule has 3 nitrogen and oxygen atoms in total. The average Bonchev–Trinajstić information content (AvgIpc) is 2.99. The second-order valence-electron chi connectivity index (χ2n) is 4.89. The van der Waals surface area contributed by atoms with Crippen LogP contribution in [0.4, 0.5) is 0 Å². The van der Waals surface area contributed by atoms with Gasteiger partial charge in [-0.05, 0) is 35.4 Å². The normalized spacial score (nSPS) is 10.7. The van der Waals surface area contributed by atoms with Gasteiger partial charge in [0.2, 0.25) is 0 Å². The maximum Gasteiger partial charge on any atom is 0.118 e. The van der Waals surface area contributed by atoms with Crippen LogP contribution in [-0.2, 0) is 6.54 Å². The van der Waals surface area contributed by atoms with E-state index in [1.54, 1.807) is 13.2 Å². The van der Waals surface area contributed by atoms with Crippen molar-refractivity contribution in [2.45, 2.75) is 6.54 Å². The summed E-state index contributed by atoms with van der Waals surface area (Å²) in [6.07, 6.45) is 3.83. The minimum atomic E-state index is 0.603. The van der Waals surface area contributed by atoms with E-state index in [0.29, 0.717) is 16.6 Å². The molecule has 0 bridgehead atoms. The standard InChI is InChI=1S/C17H14Cl2N2O/c1-22-16-6-3-12(4-7-16)14-9-20-21(11-14)10-13-2-5-15(18)8-17(13)19/h2-9,11H,10H2,1H3. The number of methoxy groups -OCH3 is 1. The van der Waals surface area contributed by atoms with Gasteiger partial charge >= 0.3 is 0 Å². The smallest absolute Gasteiger partial charge is 0.118 e. The number of benzene rings is 2. The van der Waals surface area contributed by atoms with Crippen LogP contribution in [0.5, 0.6) is 5.75 Å². The van der Waals surface area contributed by atoms with Crippen molar-refractivity contribution in [2.24, 2.45) is 0 Å². The van der Waals surface area contributed by atoms with Gasteiger partial charge in [0.15, 0.2) is 0 Å². The molecule has 0 spiro atoms. The van der Waals surface area contributed by atoms with Crippen LogP contribution in [0.25, 0.3) is 11.1 Å². The van der Waals surface area contributed by atoms with Gasteiger partial charge in [0.1, 0.15) is 5.75 Å². The summed E-state index contributed by atoms with van der Waals surface area (Å²) in [6, 6.07) is 13.4. The highest BCUT2D eigenvalue weighted by Gasteiger charge is 2.06. The topological polar surface area (TPSA) is 27.1 Å². The van der Waals surface area contributed by atoms with Crippen LogP contribution in [0.3, 0.4) is 0 Å². The van der Waals surface area contributed by atoms with E-state index in [-0.39, 0.29) is 0 Å². The summed E-state index contributed by atoms with van der Waals surface area (Å²) in [4.78, 5) is 0. The molecule has 0 aliphatic rings. The zero-order chi connectivity index (χ0) is 15.5. The molecule has 5 heteroatoms. The molecule has 0 unspecified atom stereocenters. The van der Waals surface area contributed by atoms with Crippen LogP contribution >= 0.6 is 23.2 Å². The lowest BCUT2D eigenvalue weighted by Gasteiger charge is -2.05. The number of rotatable bonds is 4. The Morgan fingerprint density at radius 1 is 1.05 bits per heavy atom. The minimum Gasteiger partial charge on any atom is -0.497 e. The Morgan fingerprint density at radius 3 is 2.50 bits per heavy atom. The van der Waals surface area contributed by atoms with E-state index in [9.17, 15) is 0 Å². The number of hydrogen-bond donors (Lipinski definition) is 0. The minimum absolute atomic E-state index is 0.603. The SMILES string of the molecule is COc1ccc(-c2cnn(Cc3ccc(Cl)cc3Cl)c2)cc1. The molecule has 0 radical (unpaired) electrons. The Kier molecular flexibility index (Phi) is 4.36. The molecule has 22 heavy (non-hydrogen) atoms. The zero-order valence-electron chi connectivity index (χ0n) is 12.0. The summed E-state index contributed by atoms with van der Waals surface area (Å²) < 4.78 is 7.02. The first-order valence-electron chi connectivity index (χ1n) is 6.76. The third-order valence-electron chi connectivity index (χ3n) is 3.40. The van der Waals surface area contributed by atoms with Crippen molar-refractivity contribution < 1.29 is 4.74 Å². The molecule has 0 aliphatic heterocycles. The highest BCUT2D eigenvalue weighted by molar-refractivity contribution is 6.35. The Labute approximate surface area is 139 Å². The molecule has 3 rings (SSSR count). The summed E-state index contributed by atoms with van der Waals surface area (Å²) in [5.41, 5.74) is 3.12. The van der Waals surface area contributed by atoms with Crippen molar-refractivity contribution in [3.63, 3.8) is 0 Å². The maximum atomic E-state index is 6.20. The molecule has 0 fully saturated rings. The predicted octanol–water partition coefficient (Wildman–Crippen LogP) is 4.91. The van der Waals surface area contributed by atoms with Crippen LogP contribution in [0.1, 0.15) is 5.56 Å². The fourth-order valence-electron chi connectivity index (χ4n) is 2.21. The first kappa shape index (κ1) is 14.9. The van der Waals surface area contributed by atoms with Gasteiger partial charge in [-0.25, -0.2) is 0 Å². The van der Waals surface area contributed by atoms with Gasteiger partial charge in [-0.2, -0.15) is 5.10 Å². The second-order valence-corrected chi connectivity index (χ2v) is 5.73. The Bertz CT molecular complexity index is 782. The zero-order valence-corrected chi connectivity index (χ0v) is 13.5. The summed E-state index contributed by atoms with van der Waals surface area (Å²) in [5.74, 6) is 0.837. The highest BCUT2D eigenvalue weighted by Crippen LogP contribution is 2.24.